The first kappa shape index (κ1) is 19.7. The number of anilines is 2. The largest absolute Gasteiger partial charge is 0.365 e. The summed E-state index contributed by atoms with van der Waals surface area (Å²) in [5.41, 5.74) is 1.28. The predicted octanol–water partition coefficient (Wildman–Crippen LogP) is 4.18. The van der Waals surface area contributed by atoms with Gasteiger partial charge in [0, 0.05) is 24.1 Å². The van der Waals surface area contributed by atoms with Crippen molar-refractivity contribution in [2.75, 3.05) is 22.3 Å². The summed E-state index contributed by atoms with van der Waals surface area (Å²) in [6.45, 7) is 6.96. The van der Waals surface area contributed by atoms with Gasteiger partial charge in [0.25, 0.3) is 10.0 Å². The molecule has 152 valence electrons. The zero-order valence-corrected chi connectivity index (χ0v) is 18.6. The summed E-state index contributed by atoms with van der Waals surface area (Å²) in [4.78, 5) is 2.37. The SMILES string of the molecule is CC(C)(C)c1[nH]ncc1S(=O)(=O)N1CC2CCCCN2c2cc(Br)c(F)cc21. The molecule has 0 aliphatic carbocycles. The smallest absolute Gasteiger partial charge is 0.267 e. The van der Waals surface area contributed by atoms with Crippen LogP contribution in [0.3, 0.4) is 0 Å². The molecule has 0 bridgehead atoms. The van der Waals surface area contributed by atoms with Crippen LogP contribution >= 0.6 is 15.9 Å². The third-order valence-electron chi connectivity index (χ3n) is 5.52. The molecule has 9 heteroatoms. The Morgan fingerprint density at radius 2 is 2.00 bits per heavy atom. The lowest BCUT2D eigenvalue weighted by Gasteiger charge is -2.46. The lowest BCUT2D eigenvalue weighted by Crippen LogP contribution is -2.53. The Morgan fingerprint density at radius 1 is 1.25 bits per heavy atom. The lowest BCUT2D eigenvalue weighted by molar-refractivity contribution is 0.453. The van der Waals surface area contributed by atoms with Gasteiger partial charge >= 0.3 is 0 Å². The van der Waals surface area contributed by atoms with Crippen LogP contribution in [-0.2, 0) is 15.4 Å². The number of piperidine rings is 1. The predicted molar refractivity (Wildman–Crippen MR) is 111 cm³/mol. The Kier molecular flexibility index (Phi) is 4.73. The van der Waals surface area contributed by atoms with E-state index in [0.29, 0.717) is 22.4 Å². The monoisotopic (exact) mass is 470 g/mol. The molecule has 3 heterocycles. The summed E-state index contributed by atoms with van der Waals surface area (Å²) < 4.78 is 43.4. The molecule has 1 fully saturated rings. The molecular formula is C19H24BrFN4O2S. The highest BCUT2D eigenvalue weighted by Crippen LogP contribution is 2.44. The zero-order chi connectivity index (χ0) is 20.3. The second-order valence-corrected chi connectivity index (χ2v) is 11.2. The topological polar surface area (TPSA) is 69.3 Å². The van der Waals surface area contributed by atoms with Crippen LogP contribution in [0.25, 0.3) is 0 Å². The molecule has 0 spiro atoms. The summed E-state index contributed by atoms with van der Waals surface area (Å²) in [5.74, 6) is -0.474. The van der Waals surface area contributed by atoms with Gasteiger partial charge in [0.1, 0.15) is 10.7 Å². The summed E-state index contributed by atoms with van der Waals surface area (Å²) in [7, 11) is -3.90. The van der Waals surface area contributed by atoms with Crippen molar-refractivity contribution in [3.8, 4) is 0 Å². The van der Waals surface area contributed by atoms with Crippen molar-refractivity contribution in [2.45, 2.75) is 56.4 Å². The molecule has 1 unspecified atom stereocenters. The second-order valence-electron chi connectivity index (χ2n) is 8.49. The van der Waals surface area contributed by atoms with E-state index in [-0.39, 0.29) is 10.9 Å². The molecule has 1 saturated heterocycles. The maximum atomic E-state index is 14.4. The first-order chi connectivity index (χ1) is 13.1. The van der Waals surface area contributed by atoms with E-state index >= 15 is 0 Å². The van der Waals surface area contributed by atoms with Crippen LogP contribution in [0.1, 0.15) is 45.7 Å². The van der Waals surface area contributed by atoms with Gasteiger partial charge in [-0.2, -0.15) is 5.10 Å². The summed E-state index contributed by atoms with van der Waals surface area (Å²) in [5, 5.41) is 6.84. The fourth-order valence-electron chi connectivity index (χ4n) is 4.11. The fourth-order valence-corrected chi connectivity index (χ4v) is 6.25. The van der Waals surface area contributed by atoms with E-state index in [4.69, 9.17) is 0 Å². The van der Waals surface area contributed by atoms with E-state index in [1.54, 1.807) is 6.07 Å². The third-order valence-corrected chi connectivity index (χ3v) is 7.92. The van der Waals surface area contributed by atoms with E-state index in [2.05, 4.69) is 31.0 Å². The minimum Gasteiger partial charge on any atom is -0.365 e. The van der Waals surface area contributed by atoms with E-state index < -0.39 is 21.3 Å². The van der Waals surface area contributed by atoms with Gasteiger partial charge in [-0.1, -0.05) is 20.8 Å². The molecule has 0 saturated carbocycles. The number of sulfonamides is 1. The van der Waals surface area contributed by atoms with Crippen molar-refractivity contribution in [2.24, 2.45) is 0 Å². The number of aromatic amines is 1. The lowest BCUT2D eigenvalue weighted by atomic mass is 9.92. The first-order valence-corrected chi connectivity index (χ1v) is 11.7. The number of H-pyrrole nitrogens is 1. The Balaban J connectivity index is 1.88. The van der Waals surface area contributed by atoms with Crippen molar-refractivity contribution < 1.29 is 12.8 Å². The number of hydrogen-bond acceptors (Lipinski definition) is 4. The highest BCUT2D eigenvalue weighted by Gasteiger charge is 2.41. The molecule has 1 atom stereocenters. The molecule has 4 rings (SSSR count). The summed E-state index contributed by atoms with van der Waals surface area (Å²) >= 11 is 3.25. The molecule has 28 heavy (non-hydrogen) atoms. The van der Waals surface area contributed by atoms with E-state index in [1.807, 2.05) is 20.8 Å². The van der Waals surface area contributed by atoms with Crippen LogP contribution in [0.15, 0.2) is 27.7 Å². The van der Waals surface area contributed by atoms with Crippen LogP contribution in [0.4, 0.5) is 15.8 Å². The van der Waals surface area contributed by atoms with E-state index in [9.17, 15) is 12.8 Å². The van der Waals surface area contributed by atoms with Gasteiger partial charge in [-0.25, -0.2) is 12.8 Å². The molecule has 1 aromatic carbocycles. The molecule has 1 aromatic heterocycles. The van der Waals surface area contributed by atoms with Crippen molar-refractivity contribution >= 4 is 37.3 Å². The van der Waals surface area contributed by atoms with Crippen molar-refractivity contribution in [1.82, 2.24) is 10.2 Å². The van der Waals surface area contributed by atoms with Crippen LogP contribution in [-0.4, -0.2) is 37.7 Å². The van der Waals surface area contributed by atoms with Crippen molar-refractivity contribution in [1.29, 1.82) is 0 Å². The Labute approximate surface area is 173 Å². The van der Waals surface area contributed by atoms with Crippen molar-refractivity contribution in [3.05, 3.63) is 34.3 Å². The van der Waals surface area contributed by atoms with Crippen LogP contribution < -0.4 is 9.21 Å². The molecule has 2 aliphatic heterocycles. The number of nitrogens with one attached hydrogen (secondary N) is 1. The molecule has 0 amide bonds. The number of rotatable bonds is 2. The maximum absolute atomic E-state index is 14.4. The molecule has 2 aliphatic rings. The highest BCUT2D eigenvalue weighted by molar-refractivity contribution is 9.10. The minimum absolute atomic E-state index is 0.0818. The number of benzene rings is 1. The Bertz CT molecular complexity index is 1020. The zero-order valence-electron chi connectivity index (χ0n) is 16.2. The minimum atomic E-state index is -3.90. The Morgan fingerprint density at radius 3 is 2.71 bits per heavy atom. The van der Waals surface area contributed by atoms with Crippen LogP contribution in [0.2, 0.25) is 0 Å². The van der Waals surface area contributed by atoms with Gasteiger partial charge in [-0.05, 0) is 41.3 Å². The number of nitrogens with zero attached hydrogens (tertiary/aromatic N) is 3. The molecule has 2 aromatic rings. The average molecular weight is 471 g/mol. The third kappa shape index (κ3) is 3.12. The summed E-state index contributed by atoms with van der Waals surface area (Å²) in [6.07, 6.45) is 4.38. The van der Waals surface area contributed by atoms with Gasteiger partial charge in [0.15, 0.2) is 0 Å². The fraction of sp³-hybridized carbons (Fsp3) is 0.526. The van der Waals surface area contributed by atoms with Gasteiger partial charge < -0.3 is 4.90 Å². The number of hydrogen-bond donors (Lipinski definition) is 1. The van der Waals surface area contributed by atoms with E-state index in [0.717, 1.165) is 31.5 Å². The van der Waals surface area contributed by atoms with Crippen LogP contribution in [0, 0.1) is 5.82 Å². The second kappa shape index (κ2) is 6.73. The average Bonchev–Trinajstić information content (AvgIpc) is 3.13. The van der Waals surface area contributed by atoms with Gasteiger partial charge in [-0.3, -0.25) is 9.40 Å². The maximum Gasteiger partial charge on any atom is 0.267 e. The van der Waals surface area contributed by atoms with Crippen LogP contribution in [0.5, 0.6) is 0 Å². The van der Waals surface area contributed by atoms with Crippen molar-refractivity contribution in [3.63, 3.8) is 0 Å². The number of aromatic nitrogens is 2. The van der Waals surface area contributed by atoms with Gasteiger partial charge in [-0.15, -0.1) is 0 Å². The highest BCUT2D eigenvalue weighted by atomic mass is 79.9. The quantitative estimate of drug-likeness (QED) is 0.714. The molecular weight excluding hydrogens is 447 g/mol. The normalized spacial score (nSPS) is 20.1. The summed E-state index contributed by atoms with van der Waals surface area (Å²) in [6, 6.07) is 3.10. The molecule has 1 N–H and O–H groups in total. The first-order valence-electron chi connectivity index (χ1n) is 9.43. The van der Waals surface area contributed by atoms with E-state index in [1.165, 1.54) is 16.6 Å². The Hall–Kier alpha value is -1.61. The molecule has 6 nitrogen and oxygen atoms in total. The van der Waals surface area contributed by atoms with Gasteiger partial charge in [0.2, 0.25) is 0 Å². The van der Waals surface area contributed by atoms with Gasteiger partial charge in [0.05, 0.1) is 34.3 Å². The molecule has 0 radical (unpaired) electrons. The standard InChI is InChI=1S/C19H24BrFN4O2S/c1-19(2,3)18-17(10-22-23-18)28(26,27)25-11-12-6-4-5-7-24(12)15-8-13(20)14(21)9-16(15)25/h8-10,12H,4-7,11H2,1-3H3,(H,22,23). The number of halogens is 2. The number of fused-ring (bicyclic) bond motifs is 3.